The van der Waals surface area contributed by atoms with Crippen molar-refractivity contribution in [1.29, 1.82) is 0 Å². The molecule has 14 heteroatoms. The molecule has 0 spiro atoms. The van der Waals surface area contributed by atoms with E-state index in [2.05, 4.69) is 5.09 Å². The molecule has 5 atom stereocenters. The third-order valence-corrected chi connectivity index (χ3v) is 7.89. The number of benzene rings is 2. The number of aromatic nitrogens is 2. The van der Waals surface area contributed by atoms with Crippen molar-refractivity contribution in [2.45, 2.75) is 57.6 Å². The summed E-state index contributed by atoms with van der Waals surface area (Å²) in [5, 5.41) is 14.6. The Morgan fingerprint density at radius 2 is 2.02 bits per heavy atom. The van der Waals surface area contributed by atoms with E-state index in [-0.39, 0.29) is 18.8 Å². The minimum Gasteiger partial charge on any atom is -0.465 e. The summed E-state index contributed by atoms with van der Waals surface area (Å²) in [5.41, 5.74) is -2.10. The molecule has 1 aliphatic rings. The van der Waals surface area contributed by atoms with E-state index in [0.29, 0.717) is 18.0 Å². The Balaban J connectivity index is 1.53. The van der Waals surface area contributed by atoms with Crippen molar-refractivity contribution in [1.82, 2.24) is 14.6 Å². The second-order valence-corrected chi connectivity index (χ2v) is 11.0. The molecule has 0 radical (unpaired) electrons. The van der Waals surface area contributed by atoms with Gasteiger partial charge in [-0.2, -0.15) is 9.48 Å². The Morgan fingerprint density at radius 3 is 2.80 bits per heavy atom. The van der Waals surface area contributed by atoms with E-state index in [4.69, 9.17) is 18.5 Å². The summed E-state index contributed by atoms with van der Waals surface area (Å²) in [7, 11) is -4.31. The van der Waals surface area contributed by atoms with Crippen LogP contribution in [0.25, 0.3) is 10.8 Å². The number of carbonyl (C=O) groups is 1. The lowest BCUT2D eigenvalue weighted by Gasteiger charge is -2.25. The number of unbranched alkanes of at least 4 members (excludes halogenated alkanes) is 1. The Bertz CT molecular complexity index is 1510. The van der Waals surface area contributed by atoms with Crippen LogP contribution in [0.2, 0.25) is 0 Å². The van der Waals surface area contributed by atoms with Gasteiger partial charge in [0, 0.05) is 11.8 Å². The molecular weight excluding hydrogens is 548 g/mol. The average molecular weight is 580 g/mol. The summed E-state index contributed by atoms with van der Waals surface area (Å²) >= 11 is 0. The molecule has 3 N–H and O–H groups in total. The Morgan fingerprint density at radius 1 is 1.27 bits per heavy atom. The predicted molar refractivity (Wildman–Crippen MR) is 142 cm³/mol. The van der Waals surface area contributed by atoms with Gasteiger partial charge in [-0.25, -0.2) is 9.36 Å². The van der Waals surface area contributed by atoms with Gasteiger partial charge in [0.05, 0.1) is 25.5 Å². The van der Waals surface area contributed by atoms with E-state index in [0.717, 1.165) is 16.4 Å². The van der Waals surface area contributed by atoms with Gasteiger partial charge in [0.15, 0.2) is 0 Å². The number of rotatable bonds is 12. The van der Waals surface area contributed by atoms with Crippen molar-refractivity contribution in [3.63, 3.8) is 0 Å². The number of H-pyrrole nitrogens is 1. The van der Waals surface area contributed by atoms with Gasteiger partial charge in [0.25, 0.3) is 5.56 Å². The largest absolute Gasteiger partial charge is 0.465 e. The lowest BCUT2D eigenvalue weighted by atomic mass is 10.1. The summed E-state index contributed by atoms with van der Waals surface area (Å²) < 4.78 is 50.9. The van der Waals surface area contributed by atoms with Crippen LogP contribution in [0.5, 0.6) is 5.75 Å². The molecule has 0 amide bonds. The molecule has 2 heterocycles. The number of aliphatic hydroxyl groups is 1. The predicted octanol–water partition coefficient (Wildman–Crippen LogP) is 3.00. The maximum absolute atomic E-state index is 14.0. The third-order valence-electron chi connectivity index (χ3n) is 6.26. The number of nitrogens with one attached hydrogen (secondary N) is 2. The third kappa shape index (κ3) is 7.04. The van der Waals surface area contributed by atoms with E-state index in [1.165, 1.54) is 6.92 Å². The molecule has 1 aromatic heterocycles. The average Bonchev–Trinajstić information content (AvgIpc) is 3.30. The minimum absolute atomic E-state index is 0.137. The van der Waals surface area contributed by atoms with Crippen LogP contribution in [0.3, 0.4) is 0 Å². The van der Waals surface area contributed by atoms with Gasteiger partial charge in [-0.15, -0.1) is 0 Å². The number of aromatic amines is 1. The van der Waals surface area contributed by atoms with Crippen LogP contribution in [-0.4, -0.2) is 52.1 Å². The Labute approximate surface area is 228 Å². The molecule has 2 aromatic carbocycles. The van der Waals surface area contributed by atoms with Gasteiger partial charge >= 0.3 is 19.4 Å². The van der Waals surface area contributed by atoms with Crippen LogP contribution in [0.1, 0.15) is 39.3 Å². The van der Waals surface area contributed by atoms with E-state index in [9.17, 15) is 28.4 Å². The standard InChI is InChI=1S/C26H31FN3O9P/c1-3-4-12-36-25(33)16(2)29-40(35,39-21-11-7-9-17-8-5-6-10-18(17)21)37-15-22-20(31)13-23(38-22)30-14-19(27)24(32)28-26(30)34/h5-11,14,16,20,22-23,31H,3-4,12-13,15H2,1-2H3,(H,29,35)(H,28,32,34)/t16-,20+,22?,23+,40?/m0/s1. The smallest absolute Gasteiger partial charge is 0.459 e. The molecule has 216 valence electrons. The SMILES string of the molecule is CCCCOC(=O)[C@H](C)NP(=O)(OCC1O[C@@H](n2cc(F)c(=O)[nH]c2=O)C[C@H]1O)Oc1cccc2ccccc12. The highest BCUT2D eigenvalue weighted by molar-refractivity contribution is 7.52. The topological polar surface area (TPSA) is 158 Å². The fraction of sp³-hybridized carbons (Fsp3) is 0.423. The van der Waals surface area contributed by atoms with Crippen molar-refractivity contribution >= 4 is 24.5 Å². The zero-order valence-electron chi connectivity index (χ0n) is 21.9. The molecule has 0 aliphatic carbocycles. The van der Waals surface area contributed by atoms with Crippen molar-refractivity contribution in [2.75, 3.05) is 13.2 Å². The van der Waals surface area contributed by atoms with Gasteiger partial charge in [0.1, 0.15) is 24.1 Å². The lowest BCUT2D eigenvalue weighted by Crippen LogP contribution is -2.36. The number of hydrogen-bond acceptors (Lipinski definition) is 9. The van der Waals surface area contributed by atoms with Gasteiger partial charge in [-0.1, -0.05) is 49.7 Å². The monoisotopic (exact) mass is 579 g/mol. The summed E-state index contributed by atoms with van der Waals surface area (Å²) in [6.07, 6.45) is -1.39. The van der Waals surface area contributed by atoms with E-state index < -0.39 is 61.9 Å². The Kier molecular flexibility index (Phi) is 9.54. The van der Waals surface area contributed by atoms with Gasteiger partial charge in [-0.3, -0.25) is 23.7 Å². The first kappa shape index (κ1) is 29.6. The van der Waals surface area contributed by atoms with Crippen LogP contribution in [0.15, 0.2) is 58.3 Å². The first-order valence-electron chi connectivity index (χ1n) is 12.8. The highest BCUT2D eigenvalue weighted by Gasteiger charge is 2.40. The number of carbonyl (C=O) groups excluding carboxylic acids is 1. The normalized spacial score (nSPS) is 21.1. The molecule has 4 rings (SSSR count). The summed E-state index contributed by atoms with van der Waals surface area (Å²) in [6.45, 7) is 3.12. The zero-order valence-corrected chi connectivity index (χ0v) is 22.8. The highest BCUT2D eigenvalue weighted by Crippen LogP contribution is 2.47. The van der Waals surface area contributed by atoms with Crippen molar-refractivity contribution in [2.24, 2.45) is 0 Å². The van der Waals surface area contributed by atoms with Crippen molar-refractivity contribution in [3.05, 3.63) is 75.3 Å². The number of fused-ring (bicyclic) bond motifs is 1. The van der Waals surface area contributed by atoms with Crippen LogP contribution < -0.4 is 20.9 Å². The Hall–Kier alpha value is -3.35. The number of hydrogen-bond donors (Lipinski definition) is 3. The van der Waals surface area contributed by atoms with E-state index in [1.807, 2.05) is 30.1 Å². The second-order valence-electron chi connectivity index (χ2n) is 9.31. The second kappa shape index (κ2) is 12.9. The number of ether oxygens (including phenoxy) is 2. The lowest BCUT2D eigenvalue weighted by molar-refractivity contribution is -0.145. The molecule has 2 unspecified atom stereocenters. The summed E-state index contributed by atoms with van der Waals surface area (Å²) in [5.74, 6) is -1.63. The highest BCUT2D eigenvalue weighted by atomic mass is 31.2. The number of aliphatic hydroxyl groups excluding tert-OH is 1. The fourth-order valence-corrected chi connectivity index (χ4v) is 5.63. The molecule has 12 nitrogen and oxygen atoms in total. The summed E-state index contributed by atoms with van der Waals surface area (Å²) in [6, 6.07) is 11.3. The van der Waals surface area contributed by atoms with Crippen LogP contribution in [0, 0.1) is 5.82 Å². The van der Waals surface area contributed by atoms with Gasteiger partial charge in [-0.05, 0) is 24.8 Å². The summed E-state index contributed by atoms with van der Waals surface area (Å²) in [4.78, 5) is 37.8. The quantitative estimate of drug-likeness (QED) is 0.165. The number of halogens is 1. The molecule has 1 aliphatic heterocycles. The molecule has 1 fully saturated rings. The first-order valence-corrected chi connectivity index (χ1v) is 14.4. The van der Waals surface area contributed by atoms with Crippen LogP contribution in [0.4, 0.5) is 4.39 Å². The first-order chi connectivity index (χ1) is 19.1. The van der Waals surface area contributed by atoms with Gasteiger partial charge in [0.2, 0.25) is 5.82 Å². The minimum atomic E-state index is -4.31. The van der Waals surface area contributed by atoms with E-state index >= 15 is 0 Å². The zero-order chi connectivity index (χ0) is 28.9. The molecule has 0 bridgehead atoms. The van der Waals surface area contributed by atoms with Crippen molar-refractivity contribution < 1.29 is 37.4 Å². The van der Waals surface area contributed by atoms with Crippen LogP contribution >= 0.6 is 7.75 Å². The molecule has 0 saturated carbocycles. The molecular formula is C26H31FN3O9P. The number of nitrogens with zero attached hydrogens (tertiary/aromatic N) is 1. The maximum atomic E-state index is 14.0. The molecule has 1 saturated heterocycles. The van der Waals surface area contributed by atoms with E-state index in [1.54, 1.807) is 24.3 Å². The fourth-order valence-electron chi connectivity index (χ4n) is 4.11. The molecule has 3 aromatic rings. The van der Waals surface area contributed by atoms with Crippen LogP contribution in [-0.2, 0) is 23.4 Å². The maximum Gasteiger partial charge on any atom is 0.459 e. The molecule has 40 heavy (non-hydrogen) atoms. The van der Waals surface area contributed by atoms with Gasteiger partial charge < -0.3 is 19.1 Å². The van der Waals surface area contributed by atoms with Crippen molar-refractivity contribution in [3.8, 4) is 5.75 Å². The number of esters is 1.